The summed E-state index contributed by atoms with van der Waals surface area (Å²) in [6.07, 6.45) is 0.846. The zero-order chi connectivity index (χ0) is 15.9. The highest BCUT2D eigenvalue weighted by Crippen LogP contribution is 2.49. The van der Waals surface area contributed by atoms with Crippen LogP contribution >= 0.6 is 0 Å². The Bertz CT molecular complexity index is 592. The summed E-state index contributed by atoms with van der Waals surface area (Å²) >= 11 is 0. The fourth-order valence-electron chi connectivity index (χ4n) is 3.20. The summed E-state index contributed by atoms with van der Waals surface area (Å²) < 4.78 is 17.5. The van der Waals surface area contributed by atoms with Crippen molar-refractivity contribution in [3.05, 3.63) is 29.3 Å². The largest absolute Gasteiger partial charge is 0.493 e. The van der Waals surface area contributed by atoms with Crippen LogP contribution in [0, 0.1) is 11.8 Å². The standard InChI is InChI=1S/C17H24N2O3/c1-10(2)8-11(3)9-20-14-7-5-6-13-15(14)17(19-16(13)18)21-12(4)22-17/h5-7,10-12H,8-9H2,1-4H3,(H2,18,19). The molecule has 0 bridgehead atoms. The van der Waals surface area contributed by atoms with Crippen LogP contribution in [-0.2, 0) is 15.4 Å². The Hall–Kier alpha value is -1.59. The first kappa shape index (κ1) is 15.3. The molecule has 2 N–H and O–H groups in total. The van der Waals surface area contributed by atoms with Crippen LogP contribution in [0.3, 0.4) is 0 Å². The van der Waals surface area contributed by atoms with Gasteiger partial charge in [0.25, 0.3) is 0 Å². The van der Waals surface area contributed by atoms with Gasteiger partial charge in [-0.1, -0.05) is 32.9 Å². The summed E-state index contributed by atoms with van der Waals surface area (Å²) in [4.78, 5) is 4.35. The van der Waals surface area contributed by atoms with Gasteiger partial charge in [-0.25, -0.2) is 4.99 Å². The van der Waals surface area contributed by atoms with E-state index in [1.165, 1.54) is 0 Å². The molecule has 0 amide bonds. The van der Waals surface area contributed by atoms with Crippen molar-refractivity contribution in [3.63, 3.8) is 0 Å². The maximum Gasteiger partial charge on any atom is 0.308 e. The fraction of sp³-hybridized carbons (Fsp3) is 0.588. The summed E-state index contributed by atoms with van der Waals surface area (Å²) in [5.41, 5.74) is 7.63. The van der Waals surface area contributed by atoms with Crippen LogP contribution in [0.2, 0.25) is 0 Å². The quantitative estimate of drug-likeness (QED) is 0.908. The van der Waals surface area contributed by atoms with Crippen molar-refractivity contribution in [2.75, 3.05) is 6.61 Å². The molecule has 2 heterocycles. The van der Waals surface area contributed by atoms with E-state index in [1.54, 1.807) is 0 Å². The lowest BCUT2D eigenvalue weighted by Crippen LogP contribution is -2.47. The predicted octanol–water partition coefficient (Wildman–Crippen LogP) is 2.97. The molecule has 22 heavy (non-hydrogen) atoms. The zero-order valence-electron chi connectivity index (χ0n) is 13.6. The predicted molar refractivity (Wildman–Crippen MR) is 84.6 cm³/mol. The second-order valence-electron chi connectivity index (χ2n) is 6.61. The average molecular weight is 304 g/mol. The third-order valence-corrected chi connectivity index (χ3v) is 3.93. The van der Waals surface area contributed by atoms with E-state index < -0.39 is 5.91 Å². The number of amidine groups is 1. The molecule has 5 heteroatoms. The number of nitrogens with two attached hydrogens (primary N) is 1. The fourth-order valence-corrected chi connectivity index (χ4v) is 3.20. The molecule has 0 radical (unpaired) electrons. The highest BCUT2D eigenvalue weighted by atomic mass is 16.9. The number of nitrogens with zero attached hydrogens (tertiary/aromatic N) is 1. The molecule has 1 aromatic carbocycles. The Kier molecular flexibility index (Phi) is 3.87. The zero-order valence-corrected chi connectivity index (χ0v) is 13.6. The van der Waals surface area contributed by atoms with Crippen LogP contribution in [0.4, 0.5) is 0 Å². The minimum absolute atomic E-state index is 0.282. The molecular weight excluding hydrogens is 280 g/mol. The minimum atomic E-state index is -1.10. The van der Waals surface area contributed by atoms with Crippen molar-refractivity contribution in [1.29, 1.82) is 0 Å². The van der Waals surface area contributed by atoms with Crippen molar-refractivity contribution in [2.45, 2.75) is 46.3 Å². The normalized spacial score (nSPS) is 27.5. The second kappa shape index (κ2) is 5.56. The lowest BCUT2D eigenvalue weighted by atomic mass is 9.99. The maximum atomic E-state index is 6.04. The summed E-state index contributed by atoms with van der Waals surface area (Å²) in [6, 6.07) is 5.76. The monoisotopic (exact) mass is 304 g/mol. The number of hydrogen-bond acceptors (Lipinski definition) is 5. The number of rotatable bonds is 5. The Balaban J connectivity index is 1.81. The van der Waals surface area contributed by atoms with Gasteiger partial charge in [-0.2, -0.15) is 0 Å². The molecule has 2 aliphatic rings. The highest BCUT2D eigenvalue weighted by molar-refractivity contribution is 6.02. The van der Waals surface area contributed by atoms with Crippen LogP contribution in [0.25, 0.3) is 0 Å². The van der Waals surface area contributed by atoms with E-state index in [2.05, 4.69) is 25.8 Å². The van der Waals surface area contributed by atoms with Crippen molar-refractivity contribution in [2.24, 2.45) is 22.6 Å². The number of ether oxygens (including phenoxy) is 3. The van der Waals surface area contributed by atoms with Crippen LogP contribution in [0.5, 0.6) is 5.75 Å². The topological polar surface area (TPSA) is 66.1 Å². The van der Waals surface area contributed by atoms with Gasteiger partial charge in [-0.3, -0.25) is 9.47 Å². The second-order valence-corrected chi connectivity index (χ2v) is 6.61. The lowest BCUT2D eigenvalue weighted by Gasteiger charge is -2.41. The molecule has 3 rings (SSSR count). The van der Waals surface area contributed by atoms with E-state index in [9.17, 15) is 0 Å². The molecule has 1 atom stereocenters. The summed E-state index contributed by atoms with van der Waals surface area (Å²) in [7, 11) is 0. The SMILES string of the molecule is CC(C)CC(C)COc1cccc2c1C1(N=C2N)OC(C)O1. The Morgan fingerprint density at radius 3 is 2.68 bits per heavy atom. The van der Waals surface area contributed by atoms with E-state index in [1.807, 2.05) is 25.1 Å². The first-order valence-electron chi connectivity index (χ1n) is 7.89. The first-order chi connectivity index (χ1) is 10.4. The third-order valence-electron chi connectivity index (χ3n) is 3.93. The van der Waals surface area contributed by atoms with E-state index >= 15 is 0 Å². The van der Waals surface area contributed by atoms with Crippen LogP contribution < -0.4 is 10.5 Å². The van der Waals surface area contributed by atoms with Gasteiger partial charge in [0.05, 0.1) is 12.2 Å². The Labute approximate surface area is 131 Å². The highest BCUT2D eigenvalue weighted by Gasteiger charge is 2.54. The van der Waals surface area contributed by atoms with E-state index in [0.717, 1.165) is 23.3 Å². The van der Waals surface area contributed by atoms with Crippen molar-refractivity contribution in [3.8, 4) is 5.75 Å². The Morgan fingerprint density at radius 1 is 1.32 bits per heavy atom. The summed E-state index contributed by atoms with van der Waals surface area (Å²) in [5, 5.41) is 0. The molecule has 120 valence electrons. The van der Waals surface area contributed by atoms with Crippen molar-refractivity contribution in [1.82, 2.24) is 0 Å². The van der Waals surface area contributed by atoms with Gasteiger partial charge >= 0.3 is 5.91 Å². The van der Waals surface area contributed by atoms with E-state index in [-0.39, 0.29) is 6.29 Å². The maximum absolute atomic E-state index is 6.04. The van der Waals surface area contributed by atoms with Crippen LogP contribution in [-0.4, -0.2) is 18.7 Å². The number of benzene rings is 1. The van der Waals surface area contributed by atoms with E-state index in [0.29, 0.717) is 24.3 Å². The molecule has 1 saturated heterocycles. The summed E-state index contributed by atoms with van der Waals surface area (Å²) in [6.45, 7) is 9.13. The van der Waals surface area contributed by atoms with Gasteiger partial charge < -0.3 is 10.5 Å². The van der Waals surface area contributed by atoms with E-state index in [4.69, 9.17) is 19.9 Å². The molecule has 1 spiro atoms. The van der Waals surface area contributed by atoms with Gasteiger partial charge in [-0.15, -0.1) is 0 Å². The molecule has 5 nitrogen and oxygen atoms in total. The first-order valence-corrected chi connectivity index (χ1v) is 7.89. The van der Waals surface area contributed by atoms with Gasteiger partial charge in [0.2, 0.25) is 0 Å². The molecule has 1 unspecified atom stereocenters. The third kappa shape index (κ3) is 2.59. The molecule has 0 saturated carbocycles. The number of hydrogen-bond donors (Lipinski definition) is 1. The Morgan fingerprint density at radius 2 is 2.05 bits per heavy atom. The van der Waals surface area contributed by atoms with Gasteiger partial charge in [0, 0.05) is 5.56 Å². The van der Waals surface area contributed by atoms with Gasteiger partial charge in [-0.05, 0) is 31.2 Å². The van der Waals surface area contributed by atoms with Crippen LogP contribution in [0.1, 0.15) is 45.2 Å². The van der Waals surface area contributed by atoms with Crippen LogP contribution in [0.15, 0.2) is 23.2 Å². The molecular formula is C17H24N2O3. The minimum Gasteiger partial charge on any atom is -0.493 e. The van der Waals surface area contributed by atoms with Crippen molar-refractivity contribution < 1.29 is 14.2 Å². The molecule has 1 aromatic rings. The summed E-state index contributed by atoms with van der Waals surface area (Å²) in [5.74, 6) is 1.21. The van der Waals surface area contributed by atoms with Crippen molar-refractivity contribution >= 4 is 5.84 Å². The average Bonchev–Trinajstić information content (AvgIpc) is 2.70. The lowest BCUT2D eigenvalue weighted by molar-refractivity contribution is -0.451. The molecule has 0 aromatic heterocycles. The van der Waals surface area contributed by atoms with Gasteiger partial charge in [0.1, 0.15) is 11.6 Å². The molecule has 2 aliphatic heterocycles. The molecule has 1 fully saturated rings. The number of aliphatic imine (C=N–C) groups is 1. The number of fused-ring (bicyclic) bond motifs is 2. The molecule has 0 aliphatic carbocycles. The smallest absolute Gasteiger partial charge is 0.308 e. The van der Waals surface area contributed by atoms with Gasteiger partial charge in [0.15, 0.2) is 6.29 Å².